The molecule has 4 aliphatic rings. The summed E-state index contributed by atoms with van der Waals surface area (Å²) in [4.78, 5) is 24.2. The lowest BCUT2D eigenvalue weighted by Gasteiger charge is -2.64. The molecule has 4 saturated carbocycles. The lowest BCUT2D eigenvalue weighted by molar-refractivity contribution is -0.157. The van der Waals surface area contributed by atoms with Crippen LogP contribution < -0.4 is 11.1 Å². The molecule has 0 bridgehead atoms. The number of ether oxygens (including phenoxy) is 2. The predicted molar refractivity (Wildman–Crippen MR) is 121 cm³/mol. The molecule has 4 aliphatic carbocycles. The average molecular weight is 451 g/mol. The summed E-state index contributed by atoms with van der Waals surface area (Å²) in [5.41, 5.74) is 6.70. The van der Waals surface area contributed by atoms with Crippen LogP contribution in [0.15, 0.2) is 0 Å². The van der Waals surface area contributed by atoms with E-state index in [-0.39, 0.29) is 34.5 Å². The Kier molecular flexibility index (Phi) is 6.54. The molecule has 7 nitrogen and oxygen atoms in total. The average Bonchev–Trinajstić information content (AvgIpc) is 3.03. The quantitative estimate of drug-likeness (QED) is 0.529. The van der Waals surface area contributed by atoms with Crippen molar-refractivity contribution in [3.8, 4) is 0 Å². The molecule has 182 valence electrons. The Hall–Kier alpha value is -1.34. The van der Waals surface area contributed by atoms with Crippen molar-refractivity contribution in [1.82, 2.24) is 5.32 Å². The van der Waals surface area contributed by atoms with Gasteiger partial charge < -0.3 is 25.6 Å². The van der Waals surface area contributed by atoms with Crippen LogP contribution in [0.1, 0.15) is 78.1 Å². The Morgan fingerprint density at radius 1 is 1.06 bits per heavy atom. The number of fused-ring (bicyclic) bond motifs is 5. The lowest BCUT2D eigenvalue weighted by Crippen LogP contribution is -2.66. The van der Waals surface area contributed by atoms with Gasteiger partial charge in [-0.2, -0.15) is 0 Å². The van der Waals surface area contributed by atoms with Crippen LogP contribution >= 0.6 is 0 Å². The minimum atomic E-state index is -0.670. The van der Waals surface area contributed by atoms with Crippen molar-refractivity contribution in [1.29, 1.82) is 0 Å². The molecule has 0 aromatic carbocycles. The topological polar surface area (TPSA) is 111 Å². The second-order valence-electron chi connectivity index (χ2n) is 11.5. The van der Waals surface area contributed by atoms with E-state index in [0.717, 1.165) is 57.8 Å². The van der Waals surface area contributed by atoms with Gasteiger partial charge in [-0.25, -0.2) is 4.79 Å². The van der Waals surface area contributed by atoms with Gasteiger partial charge in [0.15, 0.2) is 0 Å². The molecule has 4 fully saturated rings. The third-order valence-electron chi connectivity index (χ3n) is 10.3. The number of methoxy groups -OCH3 is 1. The summed E-state index contributed by atoms with van der Waals surface area (Å²) in [5, 5.41) is 12.7. The minimum absolute atomic E-state index is 0.0179. The van der Waals surface area contributed by atoms with E-state index < -0.39 is 5.97 Å². The number of carbonyl (C=O) groups is 2. The van der Waals surface area contributed by atoms with E-state index in [4.69, 9.17) is 15.2 Å². The number of amides is 1. The van der Waals surface area contributed by atoms with E-state index in [1.165, 1.54) is 0 Å². The van der Waals surface area contributed by atoms with E-state index in [9.17, 15) is 14.7 Å². The smallest absolute Gasteiger partial charge is 0.407 e. The number of carboxylic acid groups (broad SMARTS) is 1. The fraction of sp³-hybridized carbons (Fsp3) is 0.920. The van der Waals surface area contributed by atoms with Gasteiger partial charge in [0, 0.05) is 25.8 Å². The second kappa shape index (κ2) is 8.79. The number of hydrogen-bond donors (Lipinski definition) is 3. The third kappa shape index (κ3) is 3.73. The number of aliphatic carboxylic acids is 1. The normalized spacial score (nSPS) is 45.3. The van der Waals surface area contributed by atoms with Crippen molar-refractivity contribution >= 4 is 12.1 Å². The lowest BCUT2D eigenvalue weighted by atomic mass is 9.42. The van der Waals surface area contributed by atoms with Crippen molar-refractivity contribution in [2.75, 3.05) is 20.3 Å². The van der Waals surface area contributed by atoms with Crippen molar-refractivity contribution in [3.63, 3.8) is 0 Å². The van der Waals surface area contributed by atoms with Gasteiger partial charge in [0.2, 0.25) is 0 Å². The maximum absolute atomic E-state index is 12.2. The van der Waals surface area contributed by atoms with E-state index in [1.54, 1.807) is 7.11 Å². The zero-order chi connectivity index (χ0) is 23.1. The number of carbonyl (C=O) groups excluding carboxylic acids is 1. The molecule has 4 rings (SSSR count). The van der Waals surface area contributed by atoms with Gasteiger partial charge in [-0.1, -0.05) is 13.8 Å². The third-order valence-corrected chi connectivity index (χ3v) is 10.3. The molecular weight excluding hydrogens is 408 g/mol. The molecule has 8 atom stereocenters. The summed E-state index contributed by atoms with van der Waals surface area (Å²) < 4.78 is 10.8. The maximum atomic E-state index is 12.2. The van der Waals surface area contributed by atoms with E-state index in [1.807, 2.05) is 0 Å². The van der Waals surface area contributed by atoms with E-state index >= 15 is 0 Å². The summed E-state index contributed by atoms with van der Waals surface area (Å²) in [6, 6.07) is 0. The molecule has 32 heavy (non-hydrogen) atoms. The number of alkyl carbamates (subject to hydrolysis) is 1. The van der Waals surface area contributed by atoms with E-state index in [0.29, 0.717) is 37.3 Å². The first-order chi connectivity index (χ1) is 15.2. The monoisotopic (exact) mass is 450 g/mol. The Balaban J connectivity index is 1.41. The molecule has 0 heterocycles. The van der Waals surface area contributed by atoms with Gasteiger partial charge in [-0.15, -0.1) is 0 Å². The van der Waals surface area contributed by atoms with Gasteiger partial charge in [-0.05, 0) is 92.8 Å². The van der Waals surface area contributed by atoms with Crippen LogP contribution in [-0.2, 0) is 14.3 Å². The summed E-state index contributed by atoms with van der Waals surface area (Å²) in [5.74, 6) is 0.486. The van der Waals surface area contributed by atoms with Crippen LogP contribution in [-0.4, -0.2) is 49.1 Å². The van der Waals surface area contributed by atoms with Crippen LogP contribution in [0.3, 0.4) is 0 Å². The number of carboxylic acids is 1. The molecule has 0 spiro atoms. The van der Waals surface area contributed by atoms with Crippen LogP contribution in [0.5, 0.6) is 0 Å². The molecule has 0 saturated heterocycles. The Bertz CT molecular complexity index is 731. The molecule has 0 aliphatic heterocycles. The van der Waals surface area contributed by atoms with Crippen LogP contribution in [0.2, 0.25) is 0 Å². The number of rotatable bonds is 6. The molecule has 7 heteroatoms. The Morgan fingerprint density at radius 3 is 2.56 bits per heavy atom. The van der Waals surface area contributed by atoms with Gasteiger partial charge in [0.25, 0.3) is 0 Å². The van der Waals surface area contributed by atoms with Crippen molar-refractivity contribution in [3.05, 3.63) is 0 Å². The summed E-state index contributed by atoms with van der Waals surface area (Å²) in [6.07, 6.45) is 9.01. The molecule has 0 radical (unpaired) electrons. The van der Waals surface area contributed by atoms with Crippen LogP contribution in [0.25, 0.3) is 0 Å². The second-order valence-corrected chi connectivity index (χ2v) is 11.5. The van der Waals surface area contributed by atoms with Gasteiger partial charge >= 0.3 is 12.1 Å². The molecule has 0 aromatic heterocycles. The van der Waals surface area contributed by atoms with Gasteiger partial charge in [0.1, 0.15) is 6.10 Å². The first kappa shape index (κ1) is 23.8. The highest BCUT2D eigenvalue weighted by Gasteiger charge is 2.67. The molecule has 4 N–H and O–H groups in total. The fourth-order valence-corrected chi connectivity index (χ4v) is 8.39. The van der Waals surface area contributed by atoms with Crippen molar-refractivity contribution in [2.24, 2.45) is 40.2 Å². The van der Waals surface area contributed by atoms with Crippen LogP contribution in [0, 0.1) is 34.5 Å². The maximum Gasteiger partial charge on any atom is 0.407 e. The fourth-order valence-electron chi connectivity index (χ4n) is 8.39. The highest BCUT2D eigenvalue weighted by molar-refractivity contribution is 5.72. The summed E-state index contributed by atoms with van der Waals surface area (Å²) in [7, 11) is 1.66. The zero-order valence-electron chi connectivity index (χ0n) is 20.0. The van der Waals surface area contributed by atoms with Crippen LogP contribution in [0.4, 0.5) is 4.79 Å². The standard InChI is InChI=1S/C25H42N2O5/c1-23-10-7-17(32-22(30)27-13-4-14-31-3)15-16(23)5-6-19-18(23)8-11-24(2)20(21(28)29)9-12-25(19,24)26/h16-20H,4-15,26H2,1-3H3,(H,27,30)(H,28,29)/t16?,17?,18-,19-,20?,23+,24-,25-/m1/s1. The van der Waals surface area contributed by atoms with Gasteiger partial charge in [-0.3, -0.25) is 4.79 Å². The highest BCUT2D eigenvalue weighted by atomic mass is 16.6. The first-order valence-corrected chi connectivity index (χ1v) is 12.6. The highest BCUT2D eigenvalue weighted by Crippen LogP contribution is 2.68. The largest absolute Gasteiger partial charge is 0.481 e. The SMILES string of the molecule is COCCCNC(=O)OC1CC[C@@]2(C)C(CC[C@@H]3[C@H]2CC[C@]2(C)C(C(=O)O)CC[C@@]32N)C1. The molecular formula is C25H42N2O5. The first-order valence-electron chi connectivity index (χ1n) is 12.6. The summed E-state index contributed by atoms with van der Waals surface area (Å²) >= 11 is 0. The van der Waals surface area contributed by atoms with Gasteiger partial charge in [0.05, 0.1) is 5.92 Å². The molecule has 1 amide bonds. The number of hydrogen-bond acceptors (Lipinski definition) is 5. The zero-order valence-corrected chi connectivity index (χ0v) is 20.0. The minimum Gasteiger partial charge on any atom is -0.481 e. The Morgan fingerprint density at radius 2 is 1.84 bits per heavy atom. The predicted octanol–water partition coefficient (Wildman–Crippen LogP) is 3.94. The molecule has 0 aromatic rings. The van der Waals surface area contributed by atoms with Crippen molar-refractivity contribution in [2.45, 2.75) is 89.7 Å². The van der Waals surface area contributed by atoms with E-state index in [2.05, 4.69) is 19.2 Å². The van der Waals surface area contributed by atoms with Crippen molar-refractivity contribution < 1.29 is 24.2 Å². The number of nitrogens with two attached hydrogens (primary N) is 1. The Labute approximate surface area is 192 Å². The molecule has 3 unspecified atom stereocenters. The number of nitrogens with one attached hydrogen (secondary N) is 1. The summed E-state index contributed by atoms with van der Waals surface area (Å²) in [6.45, 7) is 5.78.